The van der Waals surface area contributed by atoms with Crippen molar-refractivity contribution in [3.05, 3.63) is 47.1 Å². The molecule has 18 heavy (non-hydrogen) atoms. The zero-order valence-electron chi connectivity index (χ0n) is 10.1. The van der Waals surface area contributed by atoms with Gasteiger partial charge in [-0.05, 0) is 17.7 Å². The van der Waals surface area contributed by atoms with Crippen LogP contribution in [0.15, 0.2) is 41.5 Å². The highest BCUT2D eigenvalue weighted by molar-refractivity contribution is 5.62. The maximum atomic E-state index is 10.9. The van der Waals surface area contributed by atoms with E-state index in [1.54, 1.807) is 19.5 Å². The van der Waals surface area contributed by atoms with Crippen LogP contribution in [0.3, 0.4) is 0 Å². The lowest BCUT2D eigenvalue weighted by Gasteiger charge is -2.06. The number of aromatic amines is 1. The highest BCUT2D eigenvalue weighted by atomic mass is 16.5. The molecule has 0 saturated heterocycles. The van der Waals surface area contributed by atoms with Crippen LogP contribution in [0.25, 0.3) is 11.1 Å². The van der Waals surface area contributed by atoms with Crippen LogP contribution in [0.4, 0.5) is 0 Å². The molecular weight excluding hydrogens is 232 g/mol. The van der Waals surface area contributed by atoms with Gasteiger partial charge in [0, 0.05) is 25.1 Å². The quantitative estimate of drug-likeness (QED) is 0.811. The van der Waals surface area contributed by atoms with Crippen molar-refractivity contribution < 1.29 is 9.47 Å². The van der Waals surface area contributed by atoms with Gasteiger partial charge in [0.25, 0.3) is 0 Å². The molecule has 0 bridgehead atoms. The minimum atomic E-state index is -0.349. The van der Waals surface area contributed by atoms with E-state index in [9.17, 15) is 4.79 Å². The Morgan fingerprint density at radius 1 is 1.17 bits per heavy atom. The van der Waals surface area contributed by atoms with Crippen LogP contribution < -0.4 is 10.4 Å². The summed E-state index contributed by atoms with van der Waals surface area (Å²) in [5.41, 5.74) is 1.48. The molecule has 2 aromatic rings. The Kier molecular flexibility index (Phi) is 4.09. The van der Waals surface area contributed by atoms with Crippen LogP contribution in [0.5, 0.6) is 5.75 Å². The lowest BCUT2D eigenvalue weighted by Crippen LogP contribution is -2.07. The van der Waals surface area contributed by atoms with E-state index in [0.717, 1.165) is 16.9 Å². The molecule has 0 aliphatic heterocycles. The average molecular weight is 246 g/mol. The molecule has 1 heterocycles. The second-order valence-corrected chi connectivity index (χ2v) is 3.67. The van der Waals surface area contributed by atoms with Crippen LogP contribution in [-0.2, 0) is 4.74 Å². The molecule has 0 unspecified atom stereocenters. The van der Waals surface area contributed by atoms with E-state index < -0.39 is 0 Å². The molecule has 0 radical (unpaired) electrons. The van der Waals surface area contributed by atoms with E-state index in [0.29, 0.717) is 13.2 Å². The second kappa shape index (κ2) is 5.97. The summed E-state index contributed by atoms with van der Waals surface area (Å²) in [5, 5.41) is 0. The Morgan fingerprint density at radius 2 is 1.94 bits per heavy atom. The fraction of sp³-hybridized carbons (Fsp3) is 0.231. The average Bonchev–Trinajstić information content (AvgIpc) is 2.41. The zero-order valence-corrected chi connectivity index (χ0v) is 10.1. The van der Waals surface area contributed by atoms with Crippen LogP contribution in [-0.4, -0.2) is 30.3 Å². The molecule has 0 spiro atoms. The molecule has 94 valence electrons. The van der Waals surface area contributed by atoms with Gasteiger partial charge < -0.3 is 14.5 Å². The van der Waals surface area contributed by atoms with Crippen molar-refractivity contribution >= 4 is 0 Å². The Hall–Kier alpha value is -2.14. The van der Waals surface area contributed by atoms with E-state index in [2.05, 4.69) is 9.97 Å². The smallest absolute Gasteiger partial charge is 0.344 e. The van der Waals surface area contributed by atoms with E-state index in [-0.39, 0.29) is 5.69 Å². The third kappa shape index (κ3) is 3.18. The summed E-state index contributed by atoms with van der Waals surface area (Å²) in [4.78, 5) is 17.1. The van der Waals surface area contributed by atoms with E-state index in [1.165, 1.54) is 0 Å². The normalized spacial score (nSPS) is 10.3. The van der Waals surface area contributed by atoms with Crippen molar-refractivity contribution in [2.45, 2.75) is 0 Å². The Balaban J connectivity index is 2.07. The number of hydrogen-bond donors (Lipinski definition) is 1. The van der Waals surface area contributed by atoms with Crippen molar-refractivity contribution in [2.24, 2.45) is 0 Å². The molecule has 0 saturated carbocycles. The molecule has 0 fully saturated rings. The van der Waals surface area contributed by atoms with Gasteiger partial charge in [0.05, 0.1) is 6.61 Å². The highest BCUT2D eigenvalue weighted by Gasteiger charge is 1.99. The van der Waals surface area contributed by atoms with Gasteiger partial charge in [-0.2, -0.15) is 0 Å². The van der Waals surface area contributed by atoms with Gasteiger partial charge in [0.2, 0.25) is 0 Å². The van der Waals surface area contributed by atoms with Gasteiger partial charge in [-0.15, -0.1) is 0 Å². The van der Waals surface area contributed by atoms with Gasteiger partial charge in [-0.1, -0.05) is 12.1 Å². The van der Waals surface area contributed by atoms with Gasteiger partial charge in [0.1, 0.15) is 12.4 Å². The minimum Gasteiger partial charge on any atom is -0.491 e. The highest BCUT2D eigenvalue weighted by Crippen LogP contribution is 2.20. The number of hydrogen-bond acceptors (Lipinski definition) is 4. The summed E-state index contributed by atoms with van der Waals surface area (Å²) >= 11 is 0. The molecule has 0 amide bonds. The Bertz CT molecular complexity index is 528. The van der Waals surface area contributed by atoms with Crippen molar-refractivity contribution in [3.63, 3.8) is 0 Å². The number of H-pyrrole nitrogens is 1. The first-order valence-electron chi connectivity index (χ1n) is 5.56. The summed E-state index contributed by atoms with van der Waals surface area (Å²) in [5.74, 6) is 0.785. The van der Waals surface area contributed by atoms with Gasteiger partial charge in [0.15, 0.2) is 0 Å². The fourth-order valence-corrected chi connectivity index (χ4v) is 1.49. The predicted molar refractivity (Wildman–Crippen MR) is 67.7 cm³/mol. The molecule has 5 heteroatoms. The third-order valence-electron chi connectivity index (χ3n) is 2.42. The Morgan fingerprint density at radius 3 is 2.56 bits per heavy atom. The lowest BCUT2D eigenvalue weighted by atomic mass is 10.1. The van der Waals surface area contributed by atoms with Crippen molar-refractivity contribution in [2.75, 3.05) is 20.3 Å². The lowest BCUT2D eigenvalue weighted by molar-refractivity contribution is 0.146. The Labute approximate surface area is 104 Å². The molecule has 0 aliphatic rings. The molecule has 1 aromatic heterocycles. The zero-order chi connectivity index (χ0) is 12.8. The second-order valence-electron chi connectivity index (χ2n) is 3.67. The van der Waals surface area contributed by atoms with Crippen LogP contribution in [0, 0.1) is 0 Å². The number of aromatic nitrogens is 2. The number of ether oxygens (including phenoxy) is 2. The summed E-state index contributed by atoms with van der Waals surface area (Å²) in [6.45, 7) is 1.08. The number of nitrogens with zero attached hydrogens (tertiary/aromatic N) is 1. The first-order chi connectivity index (χ1) is 8.79. The van der Waals surface area contributed by atoms with Crippen LogP contribution >= 0.6 is 0 Å². The topological polar surface area (TPSA) is 64.2 Å². The molecular formula is C13H14N2O3. The van der Waals surface area contributed by atoms with E-state index >= 15 is 0 Å². The summed E-state index contributed by atoms with van der Waals surface area (Å²) < 4.78 is 10.4. The largest absolute Gasteiger partial charge is 0.491 e. The van der Waals surface area contributed by atoms with Crippen molar-refractivity contribution in [3.8, 4) is 16.9 Å². The fourth-order valence-electron chi connectivity index (χ4n) is 1.49. The summed E-state index contributed by atoms with van der Waals surface area (Å²) in [7, 11) is 1.63. The SMILES string of the molecule is COCCOc1ccc(-c2cnc(=O)[nH]c2)cc1. The van der Waals surface area contributed by atoms with Crippen molar-refractivity contribution in [1.29, 1.82) is 0 Å². The maximum Gasteiger partial charge on any atom is 0.344 e. The summed E-state index contributed by atoms with van der Waals surface area (Å²) in [6.07, 6.45) is 3.18. The molecule has 5 nitrogen and oxygen atoms in total. The maximum absolute atomic E-state index is 10.9. The standard InChI is InChI=1S/C13H14N2O3/c1-17-6-7-18-12-4-2-10(3-5-12)11-8-14-13(16)15-9-11/h2-5,8-9H,6-7H2,1H3,(H,14,15,16). The number of methoxy groups -OCH3 is 1. The summed E-state index contributed by atoms with van der Waals surface area (Å²) in [6, 6.07) is 7.57. The molecule has 2 rings (SSSR count). The third-order valence-corrected chi connectivity index (χ3v) is 2.42. The van der Waals surface area contributed by atoms with E-state index in [4.69, 9.17) is 9.47 Å². The number of nitrogens with one attached hydrogen (secondary N) is 1. The van der Waals surface area contributed by atoms with Crippen molar-refractivity contribution in [1.82, 2.24) is 9.97 Å². The van der Waals surface area contributed by atoms with Gasteiger partial charge >= 0.3 is 5.69 Å². The van der Waals surface area contributed by atoms with Gasteiger partial charge in [-0.25, -0.2) is 9.78 Å². The minimum absolute atomic E-state index is 0.349. The molecule has 0 aliphatic carbocycles. The first kappa shape index (κ1) is 12.3. The first-order valence-corrected chi connectivity index (χ1v) is 5.56. The van der Waals surface area contributed by atoms with Crippen LogP contribution in [0.2, 0.25) is 0 Å². The molecule has 0 atom stereocenters. The van der Waals surface area contributed by atoms with Crippen LogP contribution in [0.1, 0.15) is 0 Å². The number of rotatable bonds is 5. The molecule has 1 N–H and O–H groups in total. The number of benzene rings is 1. The van der Waals surface area contributed by atoms with Gasteiger partial charge in [-0.3, -0.25) is 0 Å². The molecule has 1 aromatic carbocycles. The monoisotopic (exact) mass is 246 g/mol. The predicted octanol–water partition coefficient (Wildman–Crippen LogP) is 1.46. The van der Waals surface area contributed by atoms with E-state index in [1.807, 2.05) is 24.3 Å².